The van der Waals surface area contributed by atoms with Gasteiger partial charge in [0, 0.05) is 26.2 Å². The van der Waals surface area contributed by atoms with Gasteiger partial charge in [0.1, 0.15) is 11.8 Å². The van der Waals surface area contributed by atoms with Crippen molar-refractivity contribution in [2.45, 2.75) is 38.4 Å². The maximum Gasteiger partial charge on any atom is 0.142 e. The molecule has 3 fully saturated rings. The Bertz CT molecular complexity index is 912. The highest BCUT2D eigenvalue weighted by atomic mass is 16.5. The van der Waals surface area contributed by atoms with E-state index in [0.29, 0.717) is 11.1 Å². The third-order valence-corrected chi connectivity index (χ3v) is 6.96. The van der Waals surface area contributed by atoms with Crippen LogP contribution in [0, 0.1) is 16.7 Å². The lowest BCUT2D eigenvalue weighted by Crippen LogP contribution is -2.51. The number of hydrogen-bond donors (Lipinski definition) is 1. The number of nitrogens with one attached hydrogen (secondary N) is 1. The van der Waals surface area contributed by atoms with Crippen molar-refractivity contribution in [2.24, 2.45) is 5.41 Å². The van der Waals surface area contributed by atoms with Gasteiger partial charge >= 0.3 is 0 Å². The first-order chi connectivity index (χ1) is 14.2. The normalized spacial score (nSPS) is 27.5. The zero-order valence-electron chi connectivity index (χ0n) is 17.2. The van der Waals surface area contributed by atoms with Crippen molar-refractivity contribution in [3.63, 3.8) is 0 Å². The Morgan fingerprint density at radius 3 is 2.93 bits per heavy atom. The molecule has 3 saturated heterocycles. The number of piperidine rings is 1. The average Bonchev–Trinajstić information content (AvgIpc) is 3.35. The monoisotopic (exact) mass is 394 g/mol. The topological polar surface area (TPSA) is 68.8 Å². The molecule has 0 radical (unpaired) electrons. The standard InChI is InChI=1S/C22H30N6O/c1-17-13-27(20-3-2-18(12-23)28-21(20)4-8-25-28)15-19(29-17)14-26-11-7-22(16-26)5-9-24-10-6-22/h2-4,8,17,19,24H,5-7,9-11,13-16H2,1H3/t17-,19+/m1/s1. The number of nitriles is 1. The Hall–Kier alpha value is -2.14. The van der Waals surface area contributed by atoms with Crippen LogP contribution in [-0.4, -0.2) is 72.5 Å². The van der Waals surface area contributed by atoms with Crippen LogP contribution in [0.3, 0.4) is 0 Å². The van der Waals surface area contributed by atoms with Gasteiger partial charge in [0.2, 0.25) is 0 Å². The number of rotatable bonds is 3. The van der Waals surface area contributed by atoms with E-state index in [4.69, 9.17) is 4.74 Å². The number of aromatic nitrogens is 2. The molecule has 2 aromatic heterocycles. The Kier molecular flexibility index (Phi) is 4.94. The van der Waals surface area contributed by atoms with Crippen molar-refractivity contribution in [2.75, 3.05) is 50.7 Å². The van der Waals surface area contributed by atoms with Gasteiger partial charge in [0.25, 0.3) is 0 Å². The molecule has 0 amide bonds. The van der Waals surface area contributed by atoms with E-state index in [1.807, 2.05) is 12.1 Å². The quantitative estimate of drug-likeness (QED) is 0.857. The molecular formula is C22H30N6O. The number of anilines is 1. The van der Waals surface area contributed by atoms with Crippen LogP contribution in [0.25, 0.3) is 5.52 Å². The van der Waals surface area contributed by atoms with E-state index in [-0.39, 0.29) is 12.2 Å². The second kappa shape index (κ2) is 7.60. The molecule has 1 N–H and O–H groups in total. The molecule has 2 aromatic rings. The lowest BCUT2D eigenvalue weighted by Gasteiger charge is -2.40. The molecule has 0 aromatic carbocycles. The Balaban J connectivity index is 1.30. The van der Waals surface area contributed by atoms with Crippen LogP contribution in [-0.2, 0) is 4.74 Å². The van der Waals surface area contributed by atoms with Crippen molar-refractivity contribution in [3.05, 3.63) is 30.1 Å². The van der Waals surface area contributed by atoms with Crippen LogP contribution < -0.4 is 10.2 Å². The average molecular weight is 395 g/mol. The summed E-state index contributed by atoms with van der Waals surface area (Å²) in [6.07, 6.45) is 6.09. The summed E-state index contributed by atoms with van der Waals surface area (Å²) in [7, 11) is 0. The summed E-state index contributed by atoms with van der Waals surface area (Å²) in [4.78, 5) is 5.03. The molecule has 3 aliphatic heterocycles. The lowest BCUT2D eigenvalue weighted by molar-refractivity contribution is -0.0309. The van der Waals surface area contributed by atoms with Crippen molar-refractivity contribution < 1.29 is 4.74 Å². The molecule has 5 rings (SSSR count). The van der Waals surface area contributed by atoms with E-state index >= 15 is 0 Å². The predicted molar refractivity (Wildman–Crippen MR) is 112 cm³/mol. The van der Waals surface area contributed by atoms with E-state index in [1.165, 1.54) is 45.4 Å². The van der Waals surface area contributed by atoms with E-state index in [2.05, 4.69) is 39.3 Å². The van der Waals surface area contributed by atoms with E-state index < -0.39 is 0 Å². The molecule has 1 spiro atoms. The van der Waals surface area contributed by atoms with Gasteiger partial charge < -0.3 is 19.9 Å². The highest BCUT2D eigenvalue weighted by Gasteiger charge is 2.40. The maximum absolute atomic E-state index is 9.35. The van der Waals surface area contributed by atoms with Crippen LogP contribution in [0.5, 0.6) is 0 Å². The van der Waals surface area contributed by atoms with Crippen LogP contribution in [0.4, 0.5) is 5.69 Å². The smallest absolute Gasteiger partial charge is 0.142 e. The van der Waals surface area contributed by atoms with Gasteiger partial charge in [-0.2, -0.15) is 10.4 Å². The molecule has 0 bridgehead atoms. The Morgan fingerprint density at radius 1 is 1.24 bits per heavy atom. The second-order valence-corrected chi connectivity index (χ2v) is 9.05. The SMILES string of the molecule is C[C@@H]1CN(c2ccc(C#N)n3nccc23)C[C@H](CN2CCC3(CCNCC3)C2)O1. The minimum atomic E-state index is 0.183. The Labute approximate surface area is 172 Å². The molecule has 7 nitrogen and oxygen atoms in total. The van der Waals surface area contributed by atoms with Gasteiger partial charge in [-0.3, -0.25) is 0 Å². The summed E-state index contributed by atoms with van der Waals surface area (Å²) in [6.45, 7) is 9.64. The molecule has 7 heteroatoms. The summed E-state index contributed by atoms with van der Waals surface area (Å²) in [6, 6.07) is 8.15. The first-order valence-electron chi connectivity index (χ1n) is 10.9. The minimum Gasteiger partial charge on any atom is -0.370 e. The van der Waals surface area contributed by atoms with Crippen LogP contribution in [0.2, 0.25) is 0 Å². The number of nitrogens with zero attached hydrogens (tertiary/aromatic N) is 5. The third kappa shape index (κ3) is 3.61. The summed E-state index contributed by atoms with van der Waals surface area (Å²) in [5, 5.41) is 17.2. The Morgan fingerprint density at radius 2 is 2.10 bits per heavy atom. The fourth-order valence-electron chi connectivity index (χ4n) is 5.53. The van der Waals surface area contributed by atoms with Crippen LogP contribution in [0.1, 0.15) is 31.9 Å². The number of likely N-dealkylation sites (tertiary alicyclic amines) is 1. The van der Waals surface area contributed by atoms with Crippen LogP contribution in [0.15, 0.2) is 24.4 Å². The van der Waals surface area contributed by atoms with Gasteiger partial charge in [-0.1, -0.05) is 0 Å². The largest absolute Gasteiger partial charge is 0.370 e. The zero-order chi connectivity index (χ0) is 19.8. The van der Waals surface area contributed by atoms with Gasteiger partial charge in [-0.15, -0.1) is 0 Å². The molecular weight excluding hydrogens is 364 g/mol. The van der Waals surface area contributed by atoms with Gasteiger partial charge in [-0.25, -0.2) is 4.52 Å². The number of pyridine rings is 1. The number of ether oxygens (including phenoxy) is 1. The molecule has 5 heterocycles. The van der Waals surface area contributed by atoms with Crippen molar-refractivity contribution in [1.29, 1.82) is 5.26 Å². The first kappa shape index (κ1) is 18.9. The van der Waals surface area contributed by atoms with E-state index in [1.54, 1.807) is 10.7 Å². The van der Waals surface area contributed by atoms with E-state index in [0.717, 1.165) is 30.8 Å². The summed E-state index contributed by atoms with van der Waals surface area (Å²) in [5.74, 6) is 0. The maximum atomic E-state index is 9.35. The predicted octanol–water partition coefficient (Wildman–Crippen LogP) is 1.88. The molecule has 154 valence electrons. The summed E-state index contributed by atoms with van der Waals surface area (Å²) < 4.78 is 8.09. The highest BCUT2D eigenvalue weighted by Crippen LogP contribution is 2.38. The van der Waals surface area contributed by atoms with Gasteiger partial charge in [0.15, 0.2) is 0 Å². The molecule has 0 aliphatic carbocycles. The second-order valence-electron chi connectivity index (χ2n) is 9.05. The number of fused-ring (bicyclic) bond motifs is 1. The summed E-state index contributed by atoms with van der Waals surface area (Å²) >= 11 is 0. The summed E-state index contributed by atoms with van der Waals surface area (Å²) in [5.41, 5.74) is 3.22. The van der Waals surface area contributed by atoms with Gasteiger partial charge in [0.05, 0.1) is 29.6 Å². The fourth-order valence-corrected chi connectivity index (χ4v) is 5.53. The zero-order valence-corrected chi connectivity index (χ0v) is 17.2. The van der Waals surface area contributed by atoms with Crippen molar-refractivity contribution in [3.8, 4) is 6.07 Å². The van der Waals surface area contributed by atoms with Gasteiger partial charge in [-0.05, 0) is 69.4 Å². The minimum absolute atomic E-state index is 0.183. The van der Waals surface area contributed by atoms with Crippen molar-refractivity contribution >= 4 is 11.2 Å². The first-order valence-corrected chi connectivity index (χ1v) is 10.9. The molecule has 0 saturated carbocycles. The fraction of sp³-hybridized carbons (Fsp3) is 0.636. The van der Waals surface area contributed by atoms with Crippen molar-refractivity contribution in [1.82, 2.24) is 19.8 Å². The number of hydrogen-bond acceptors (Lipinski definition) is 6. The lowest BCUT2D eigenvalue weighted by atomic mass is 9.78. The third-order valence-electron chi connectivity index (χ3n) is 6.96. The molecule has 3 aliphatic rings. The molecule has 2 atom stereocenters. The van der Waals surface area contributed by atoms with E-state index in [9.17, 15) is 5.26 Å². The molecule has 29 heavy (non-hydrogen) atoms. The molecule has 0 unspecified atom stereocenters. The van der Waals surface area contributed by atoms with Crippen LogP contribution >= 0.6 is 0 Å². The highest BCUT2D eigenvalue weighted by molar-refractivity contribution is 5.74. The number of morpholine rings is 1.